The van der Waals surface area contributed by atoms with Gasteiger partial charge in [0.15, 0.2) is 0 Å². The fourth-order valence-corrected chi connectivity index (χ4v) is 5.42. The Morgan fingerprint density at radius 1 is 1.03 bits per heavy atom. The van der Waals surface area contributed by atoms with Crippen LogP contribution in [-0.2, 0) is 6.42 Å². The smallest absolute Gasteiger partial charge is 0.258 e. The van der Waals surface area contributed by atoms with Crippen LogP contribution < -0.4 is 10.2 Å². The quantitative estimate of drug-likeness (QED) is 0.337. The molecule has 4 nitrogen and oxygen atoms in total. The summed E-state index contributed by atoms with van der Waals surface area (Å²) in [5.41, 5.74) is 5.04. The maximum absolute atomic E-state index is 13.6. The first-order valence-electron chi connectivity index (χ1n) is 10.8. The van der Waals surface area contributed by atoms with Crippen molar-refractivity contribution in [1.82, 2.24) is 0 Å². The first-order valence-corrected chi connectivity index (χ1v) is 12.0. The molecule has 1 aliphatic heterocycles. The fourth-order valence-electron chi connectivity index (χ4n) is 4.23. The van der Waals surface area contributed by atoms with Crippen molar-refractivity contribution >= 4 is 46.1 Å². The molecule has 34 heavy (non-hydrogen) atoms. The van der Waals surface area contributed by atoms with Gasteiger partial charge in [-0.1, -0.05) is 29.8 Å². The molecule has 170 valence electrons. The Hall–Kier alpha value is -3.48. The number of nitrogens with zero attached hydrogens (tertiary/aromatic N) is 1. The first-order chi connectivity index (χ1) is 16.4. The van der Waals surface area contributed by atoms with E-state index in [-0.39, 0.29) is 16.5 Å². The van der Waals surface area contributed by atoms with E-state index >= 15 is 0 Å². The molecule has 0 saturated heterocycles. The third-order valence-corrected chi connectivity index (χ3v) is 7.24. The minimum atomic E-state index is -0.543. The van der Waals surface area contributed by atoms with Crippen molar-refractivity contribution in [1.29, 1.82) is 0 Å². The molecule has 7 heteroatoms. The normalized spacial score (nSPS) is 12.5. The van der Waals surface area contributed by atoms with Gasteiger partial charge < -0.3 is 10.2 Å². The molecule has 2 heterocycles. The van der Waals surface area contributed by atoms with Gasteiger partial charge in [0, 0.05) is 28.2 Å². The number of benzene rings is 3. The third-order valence-electron chi connectivity index (χ3n) is 5.92. The average Bonchev–Trinajstić information content (AvgIpc) is 3.23. The molecule has 0 spiro atoms. The molecule has 0 radical (unpaired) electrons. The number of para-hydroxylation sites is 1. The van der Waals surface area contributed by atoms with Gasteiger partial charge in [-0.05, 0) is 78.4 Å². The number of thiophene rings is 1. The van der Waals surface area contributed by atoms with Crippen molar-refractivity contribution in [3.63, 3.8) is 0 Å². The molecule has 1 aliphatic rings. The van der Waals surface area contributed by atoms with Gasteiger partial charge in [-0.15, -0.1) is 11.3 Å². The Morgan fingerprint density at radius 2 is 1.85 bits per heavy atom. The van der Waals surface area contributed by atoms with Crippen molar-refractivity contribution in [2.24, 2.45) is 0 Å². The molecule has 1 aromatic heterocycles. The number of carbonyl (C=O) groups excluding carboxylic acids is 2. The van der Waals surface area contributed by atoms with E-state index in [1.807, 2.05) is 30.0 Å². The number of hydrogen-bond donors (Lipinski definition) is 1. The number of halogens is 2. The SMILES string of the molecule is Cc1cc(NC(=O)c2cc(F)ccc2Cl)ccc1C(=O)N1CCc2ccsc2-c2ccccc21. The molecule has 4 aromatic rings. The molecule has 5 rings (SSSR count). The van der Waals surface area contributed by atoms with Crippen molar-refractivity contribution in [3.05, 3.63) is 105 Å². The monoisotopic (exact) mass is 490 g/mol. The fraction of sp³-hybridized carbons (Fsp3) is 0.111. The maximum atomic E-state index is 13.6. The third kappa shape index (κ3) is 4.11. The van der Waals surface area contributed by atoms with Crippen molar-refractivity contribution < 1.29 is 14.0 Å². The summed E-state index contributed by atoms with van der Waals surface area (Å²) in [6.45, 7) is 2.41. The van der Waals surface area contributed by atoms with E-state index in [9.17, 15) is 14.0 Å². The van der Waals surface area contributed by atoms with Crippen molar-refractivity contribution in [3.8, 4) is 10.4 Å². The molecule has 2 amide bonds. The lowest BCUT2D eigenvalue weighted by molar-refractivity contribution is 0.0985. The van der Waals surface area contributed by atoms with Gasteiger partial charge in [0.2, 0.25) is 0 Å². The van der Waals surface area contributed by atoms with Crippen LogP contribution in [0.2, 0.25) is 5.02 Å². The van der Waals surface area contributed by atoms with Crippen LogP contribution in [0.4, 0.5) is 15.8 Å². The second kappa shape index (κ2) is 9.05. The molecular formula is C27H20ClFN2O2S. The van der Waals surface area contributed by atoms with Gasteiger partial charge in [-0.25, -0.2) is 4.39 Å². The Balaban J connectivity index is 1.42. The summed E-state index contributed by atoms with van der Waals surface area (Å²) in [4.78, 5) is 29.2. The Bertz CT molecular complexity index is 1430. The highest BCUT2D eigenvalue weighted by Gasteiger charge is 2.26. The predicted molar refractivity (Wildman–Crippen MR) is 136 cm³/mol. The van der Waals surface area contributed by atoms with Gasteiger partial charge in [0.1, 0.15) is 5.82 Å². The molecule has 0 aliphatic carbocycles. The van der Waals surface area contributed by atoms with Crippen LogP contribution in [0.3, 0.4) is 0 Å². The molecule has 0 saturated carbocycles. The second-order valence-electron chi connectivity index (χ2n) is 8.11. The van der Waals surface area contributed by atoms with Crippen molar-refractivity contribution in [2.45, 2.75) is 13.3 Å². The number of nitrogens with one attached hydrogen (secondary N) is 1. The van der Waals surface area contributed by atoms with E-state index in [2.05, 4.69) is 22.8 Å². The minimum absolute atomic E-state index is 0.0492. The number of anilines is 2. The van der Waals surface area contributed by atoms with Gasteiger partial charge >= 0.3 is 0 Å². The van der Waals surface area contributed by atoms with Crippen LogP contribution in [0.5, 0.6) is 0 Å². The van der Waals surface area contributed by atoms with Gasteiger partial charge in [-0.3, -0.25) is 9.59 Å². The highest BCUT2D eigenvalue weighted by Crippen LogP contribution is 2.40. The lowest BCUT2D eigenvalue weighted by Gasteiger charge is -2.24. The van der Waals surface area contributed by atoms with E-state index in [1.165, 1.54) is 22.6 Å². The lowest BCUT2D eigenvalue weighted by atomic mass is 10.0. The molecule has 1 N–H and O–H groups in total. The first kappa shape index (κ1) is 22.3. The molecule has 0 bridgehead atoms. The van der Waals surface area contributed by atoms with E-state index in [0.29, 0.717) is 17.8 Å². The van der Waals surface area contributed by atoms with Crippen LogP contribution in [0.25, 0.3) is 10.4 Å². The van der Waals surface area contributed by atoms with Gasteiger partial charge in [-0.2, -0.15) is 0 Å². The lowest BCUT2D eigenvalue weighted by Crippen LogP contribution is -2.33. The molecule has 0 atom stereocenters. The second-order valence-corrected chi connectivity index (χ2v) is 9.43. The number of fused-ring (bicyclic) bond motifs is 3. The number of aryl methyl sites for hydroxylation is 1. The standard InChI is InChI=1S/C27H20ClFN2O2S/c1-16-14-19(30-26(32)22-15-18(29)6-9-23(22)28)7-8-20(16)27(33)31-12-10-17-11-13-34-25(17)21-4-2-3-5-24(21)31/h2-9,11,13-15H,10,12H2,1H3,(H,30,32). The predicted octanol–water partition coefficient (Wildman–Crippen LogP) is 6.97. The average molecular weight is 491 g/mol. The van der Waals surface area contributed by atoms with Crippen LogP contribution >= 0.6 is 22.9 Å². The molecule has 0 unspecified atom stereocenters. The van der Waals surface area contributed by atoms with Gasteiger partial charge in [0.05, 0.1) is 16.3 Å². The highest BCUT2D eigenvalue weighted by atomic mass is 35.5. The summed E-state index contributed by atoms with van der Waals surface area (Å²) >= 11 is 7.74. The number of carbonyl (C=O) groups is 2. The summed E-state index contributed by atoms with van der Waals surface area (Å²) in [6, 6.07) is 18.9. The van der Waals surface area contributed by atoms with Gasteiger partial charge in [0.25, 0.3) is 11.8 Å². The summed E-state index contributed by atoms with van der Waals surface area (Å²) in [5.74, 6) is -1.15. The molecule has 3 aromatic carbocycles. The highest BCUT2D eigenvalue weighted by molar-refractivity contribution is 7.13. The van der Waals surface area contributed by atoms with Crippen LogP contribution in [0.1, 0.15) is 31.8 Å². The number of hydrogen-bond acceptors (Lipinski definition) is 3. The molecule has 0 fully saturated rings. The van der Waals surface area contributed by atoms with E-state index in [4.69, 9.17) is 11.6 Å². The van der Waals surface area contributed by atoms with Crippen LogP contribution in [0.15, 0.2) is 72.1 Å². The van der Waals surface area contributed by atoms with Crippen molar-refractivity contribution in [2.75, 3.05) is 16.8 Å². The van der Waals surface area contributed by atoms with E-state index in [0.717, 1.165) is 29.3 Å². The van der Waals surface area contributed by atoms with Crippen LogP contribution in [0, 0.1) is 12.7 Å². The number of rotatable bonds is 3. The Morgan fingerprint density at radius 3 is 2.68 bits per heavy atom. The largest absolute Gasteiger partial charge is 0.322 e. The zero-order valence-corrected chi connectivity index (χ0v) is 19.8. The summed E-state index contributed by atoms with van der Waals surface area (Å²) in [5, 5.41) is 4.99. The number of amides is 2. The topological polar surface area (TPSA) is 49.4 Å². The molecular weight excluding hydrogens is 471 g/mol. The van der Waals surface area contributed by atoms with E-state index < -0.39 is 11.7 Å². The maximum Gasteiger partial charge on any atom is 0.258 e. The Kier molecular flexibility index (Phi) is 5.94. The summed E-state index contributed by atoms with van der Waals surface area (Å²) < 4.78 is 13.5. The summed E-state index contributed by atoms with van der Waals surface area (Å²) in [6.07, 6.45) is 0.779. The Labute approximate surface area is 205 Å². The zero-order chi connectivity index (χ0) is 23.8. The summed E-state index contributed by atoms with van der Waals surface area (Å²) in [7, 11) is 0. The minimum Gasteiger partial charge on any atom is -0.322 e. The zero-order valence-electron chi connectivity index (χ0n) is 18.3. The van der Waals surface area contributed by atoms with E-state index in [1.54, 1.807) is 29.5 Å². The van der Waals surface area contributed by atoms with Crippen LogP contribution in [-0.4, -0.2) is 18.4 Å².